The molecule has 1 aliphatic rings. The molecule has 0 saturated carbocycles. The van der Waals surface area contributed by atoms with Crippen molar-refractivity contribution in [2.45, 2.75) is 59.9 Å². The molecule has 1 nitrogen and oxygen atoms in total. The van der Waals surface area contributed by atoms with E-state index in [0.29, 0.717) is 5.41 Å². The molecule has 2 unspecified atom stereocenters. The molecular weight excluding hydrogens is 170 g/mol. The van der Waals surface area contributed by atoms with Crippen LogP contribution >= 0.6 is 0 Å². The summed E-state index contributed by atoms with van der Waals surface area (Å²) in [5, 5.41) is 0. The van der Waals surface area contributed by atoms with Gasteiger partial charge in [-0.2, -0.15) is 0 Å². The highest BCUT2D eigenvalue weighted by Crippen LogP contribution is 2.34. The van der Waals surface area contributed by atoms with Crippen LogP contribution in [0.4, 0.5) is 0 Å². The second-order valence-electron chi connectivity index (χ2n) is 5.98. The third-order valence-corrected chi connectivity index (χ3v) is 3.77. The van der Waals surface area contributed by atoms with Gasteiger partial charge in [0, 0.05) is 12.6 Å². The van der Waals surface area contributed by atoms with E-state index in [1.165, 1.54) is 32.4 Å². The summed E-state index contributed by atoms with van der Waals surface area (Å²) in [5.41, 5.74) is 0.501. The molecule has 1 saturated heterocycles. The van der Waals surface area contributed by atoms with Gasteiger partial charge in [0.05, 0.1) is 0 Å². The molecule has 0 aliphatic carbocycles. The van der Waals surface area contributed by atoms with Crippen molar-refractivity contribution in [3.05, 3.63) is 0 Å². The Morgan fingerprint density at radius 1 is 1.36 bits per heavy atom. The second kappa shape index (κ2) is 4.65. The van der Waals surface area contributed by atoms with Crippen molar-refractivity contribution < 1.29 is 0 Å². The first-order valence-electron chi connectivity index (χ1n) is 6.19. The average molecular weight is 197 g/mol. The van der Waals surface area contributed by atoms with Gasteiger partial charge in [0.15, 0.2) is 0 Å². The molecule has 1 rings (SSSR count). The fourth-order valence-corrected chi connectivity index (χ4v) is 2.49. The third kappa shape index (κ3) is 2.98. The molecule has 0 amide bonds. The number of hydrogen-bond acceptors (Lipinski definition) is 1. The summed E-state index contributed by atoms with van der Waals surface area (Å²) in [4.78, 5) is 2.68. The molecule has 0 spiro atoms. The van der Waals surface area contributed by atoms with E-state index < -0.39 is 0 Å². The molecule has 0 aromatic rings. The zero-order valence-corrected chi connectivity index (χ0v) is 10.6. The van der Waals surface area contributed by atoms with Crippen LogP contribution in [0, 0.1) is 11.3 Å². The van der Waals surface area contributed by atoms with Crippen LogP contribution in [-0.4, -0.2) is 24.0 Å². The number of nitrogens with zero attached hydrogens (tertiary/aromatic N) is 1. The summed E-state index contributed by atoms with van der Waals surface area (Å²) < 4.78 is 0. The summed E-state index contributed by atoms with van der Waals surface area (Å²) >= 11 is 0. The van der Waals surface area contributed by atoms with Gasteiger partial charge < -0.3 is 4.90 Å². The minimum atomic E-state index is 0.501. The van der Waals surface area contributed by atoms with Gasteiger partial charge in [-0.05, 0) is 37.6 Å². The Kier molecular flexibility index (Phi) is 4.00. The van der Waals surface area contributed by atoms with Crippen LogP contribution in [-0.2, 0) is 0 Å². The lowest BCUT2D eigenvalue weighted by Crippen LogP contribution is -2.32. The molecule has 1 aliphatic heterocycles. The lowest BCUT2D eigenvalue weighted by atomic mass is 9.80. The lowest BCUT2D eigenvalue weighted by Gasteiger charge is -2.29. The molecule has 0 aromatic heterocycles. The van der Waals surface area contributed by atoms with Crippen molar-refractivity contribution in [1.82, 2.24) is 4.90 Å². The van der Waals surface area contributed by atoms with Crippen molar-refractivity contribution in [1.29, 1.82) is 0 Å². The smallest absolute Gasteiger partial charge is 0.00669 e. The van der Waals surface area contributed by atoms with E-state index in [1.807, 2.05) is 0 Å². The normalized spacial score (nSPS) is 26.8. The first-order chi connectivity index (χ1) is 6.45. The minimum absolute atomic E-state index is 0.501. The fourth-order valence-electron chi connectivity index (χ4n) is 2.49. The molecule has 1 fully saturated rings. The standard InChI is InChI=1S/C13H27N/c1-6-7-11(2)14-9-8-12(10-14)13(3,4)5/h11-12H,6-10H2,1-5H3. The average Bonchev–Trinajstić information content (AvgIpc) is 2.51. The first-order valence-corrected chi connectivity index (χ1v) is 6.19. The Bertz CT molecular complexity index is 169. The van der Waals surface area contributed by atoms with Crippen molar-refractivity contribution in [2.24, 2.45) is 11.3 Å². The van der Waals surface area contributed by atoms with Gasteiger partial charge in [0.25, 0.3) is 0 Å². The maximum atomic E-state index is 2.68. The van der Waals surface area contributed by atoms with Gasteiger partial charge >= 0.3 is 0 Å². The van der Waals surface area contributed by atoms with E-state index in [-0.39, 0.29) is 0 Å². The van der Waals surface area contributed by atoms with Crippen molar-refractivity contribution in [2.75, 3.05) is 13.1 Å². The predicted octanol–water partition coefficient (Wildman–Crippen LogP) is 3.54. The van der Waals surface area contributed by atoms with Crippen LogP contribution in [0.3, 0.4) is 0 Å². The summed E-state index contributed by atoms with van der Waals surface area (Å²) in [7, 11) is 0. The van der Waals surface area contributed by atoms with Gasteiger partial charge in [-0.1, -0.05) is 34.1 Å². The van der Waals surface area contributed by atoms with Crippen LogP contribution in [0.5, 0.6) is 0 Å². The first kappa shape index (κ1) is 12.0. The molecule has 2 atom stereocenters. The van der Waals surface area contributed by atoms with Crippen molar-refractivity contribution >= 4 is 0 Å². The molecule has 0 N–H and O–H groups in total. The van der Waals surface area contributed by atoms with Gasteiger partial charge in [0.1, 0.15) is 0 Å². The summed E-state index contributed by atoms with van der Waals surface area (Å²) in [6, 6.07) is 0.798. The van der Waals surface area contributed by atoms with Gasteiger partial charge in [0.2, 0.25) is 0 Å². The number of likely N-dealkylation sites (tertiary alicyclic amines) is 1. The Morgan fingerprint density at radius 3 is 2.43 bits per heavy atom. The van der Waals surface area contributed by atoms with E-state index in [4.69, 9.17) is 0 Å². The van der Waals surface area contributed by atoms with Crippen LogP contribution < -0.4 is 0 Å². The SMILES string of the molecule is CCCC(C)N1CCC(C(C)(C)C)C1. The van der Waals surface area contributed by atoms with Gasteiger partial charge in [-0.15, -0.1) is 0 Å². The highest BCUT2D eigenvalue weighted by molar-refractivity contribution is 4.85. The van der Waals surface area contributed by atoms with Crippen LogP contribution in [0.15, 0.2) is 0 Å². The number of rotatable bonds is 3. The molecule has 14 heavy (non-hydrogen) atoms. The quantitative estimate of drug-likeness (QED) is 0.669. The van der Waals surface area contributed by atoms with Crippen LogP contribution in [0.1, 0.15) is 53.9 Å². The zero-order valence-electron chi connectivity index (χ0n) is 10.6. The van der Waals surface area contributed by atoms with E-state index in [2.05, 4.69) is 39.5 Å². The number of hydrogen-bond donors (Lipinski definition) is 0. The summed E-state index contributed by atoms with van der Waals surface area (Å²) in [5.74, 6) is 0.904. The van der Waals surface area contributed by atoms with E-state index in [0.717, 1.165) is 12.0 Å². The molecule has 0 radical (unpaired) electrons. The summed E-state index contributed by atoms with van der Waals surface area (Å²) in [6.45, 7) is 14.5. The van der Waals surface area contributed by atoms with E-state index in [9.17, 15) is 0 Å². The fraction of sp³-hybridized carbons (Fsp3) is 1.00. The van der Waals surface area contributed by atoms with E-state index in [1.54, 1.807) is 0 Å². The maximum absolute atomic E-state index is 2.68. The zero-order chi connectivity index (χ0) is 10.8. The monoisotopic (exact) mass is 197 g/mol. The molecule has 0 bridgehead atoms. The molecule has 0 aromatic carbocycles. The molecular formula is C13H27N. The van der Waals surface area contributed by atoms with Crippen molar-refractivity contribution in [3.63, 3.8) is 0 Å². The lowest BCUT2D eigenvalue weighted by molar-refractivity contribution is 0.196. The van der Waals surface area contributed by atoms with Crippen LogP contribution in [0.2, 0.25) is 0 Å². The predicted molar refractivity (Wildman–Crippen MR) is 63.5 cm³/mol. The highest BCUT2D eigenvalue weighted by Gasteiger charge is 2.33. The Morgan fingerprint density at radius 2 is 2.00 bits per heavy atom. The largest absolute Gasteiger partial charge is 0.300 e. The summed E-state index contributed by atoms with van der Waals surface area (Å²) in [6.07, 6.45) is 4.08. The van der Waals surface area contributed by atoms with Gasteiger partial charge in [-0.25, -0.2) is 0 Å². The van der Waals surface area contributed by atoms with Gasteiger partial charge in [-0.3, -0.25) is 0 Å². The Hall–Kier alpha value is -0.0400. The Balaban J connectivity index is 2.41. The minimum Gasteiger partial charge on any atom is -0.300 e. The maximum Gasteiger partial charge on any atom is 0.00669 e. The molecule has 1 heterocycles. The second-order valence-corrected chi connectivity index (χ2v) is 5.98. The topological polar surface area (TPSA) is 3.24 Å². The highest BCUT2D eigenvalue weighted by atomic mass is 15.2. The molecule has 84 valence electrons. The Labute approximate surface area is 89.9 Å². The third-order valence-electron chi connectivity index (χ3n) is 3.77. The van der Waals surface area contributed by atoms with E-state index >= 15 is 0 Å². The van der Waals surface area contributed by atoms with Crippen LogP contribution in [0.25, 0.3) is 0 Å². The molecule has 1 heteroatoms. The van der Waals surface area contributed by atoms with Crippen molar-refractivity contribution in [3.8, 4) is 0 Å².